The second-order valence-electron chi connectivity index (χ2n) is 7.91. The largest absolute Gasteiger partial charge is 0.444 e. The number of nitrogens with zero attached hydrogens (tertiary/aromatic N) is 3. The van der Waals surface area contributed by atoms with Crippen molar-refractivity contribution < 1.29 is 17.9 Å². The zero-order chi connectivity index (χ0) is 22.6. The number of carbonyl (C=O) groups is 1. The van der Waals surface area contributed by atoms with Gasteiger partial charge in [-0.15, -0.1) is 0 Å². The molecule has 1 heterocycles. The molecule has 0 N–H and O–H groups in total. The van der Waals surface area contributed by atoms with Gasteiger partial charge in [0.1, 0.15) is 6.10 Å². The fourth-order valence-electron chi connectivity index (χ4n) is 3.51. The van der Waals surface area contributed by atoms with Crippen molar-refractivity contribution >= 4 is 33.4 Å². The summed E-state index contributed by atoms with van der Waals surface area (Å²) in [6, 6.07) is 13.3. The summed E-state index contributed by atoms with van der Waals surface area (Å²) >= 11 is 5.92. The highest BCUT2D eigenvalue weighted by atomic mass is 35.5. The van der Waals surface area contributed by atoms with E-state index in [1.165, 1.54) is 21.3 Å². The van der Waals surface area contributed by atoms with E-state index in [9.17, 15) is 13.2 Å². The summed E-state index contributed by atoms with van der Waals surface area (Å²) in [4.78, 5) is 16.3. The number of halogens is 1. The summed E-state index contributed by atoms with van der Waals surface area (Å²) in [5.74, 6) is 0. The lowest BCUT2D eigenvalue weighted by atomic mass is 10.0. The number of rotatable bonds is 7. The third-order valence-corrected chi connectivity index (χ3v) is 7.20. The topological polar surface area (TPSA) is 70.2 Å². The Morgan fingerprint density at radius 1 is 1.10 bits per heavy atom. The number of anilines is 1. The molecule has 2 aromatic rings. The van der Waals surface area contributed by atoms with Crippen LogP contribution in [-0.2, 0) is 21.2 Å². The number of ether oxygens (including phenoxy) is 1. The predicted octanol–water partition coefficient (Wildman–Crippen LogP) is 3.48. The molecular weight excluding hydrogens is 438 g/mol. The quantitative estimate of drug-likeness (QED) is 0.626. The lowest BCUT2D eigenvalue weighted by Crippen LogP contribution is -2.45. The number of hydrogen-bond acceptors (Lipinski definition) is 5. The maximum atomic E-state index is 13.4. The monoisotopic (exact) mass is 465 g/mol. The summed E-state index contributed by atoms with van der Waals surface area (Å²) in [6.07, 6.45) is 0.247. The van der Waals surface area contributed by atoms with Crippen molar-refractivity contribution in [3.05, 3.63) is 59.1 Å². The number of hydrogen-bond donors (Lipinski definition) is 0. The number of fused-ring (bicyclic) bond motifs is 1. The first-order chi connectivity index (χ1) is 14.7. The summed E-state index contributed by atoms with van der Waals surface area (Å²) in [5, 5.41) is 0.460. The highest BCUT2D eigenvalue weighted by Crippen LogP contribution is 2.33. The molecule has 0 radical (unpaired) electrons. The van der Waals surface area contributed by atoms with E-state index in [0.29, 0.717) is 23.7 Å². The van der Waals surface area contributed by atoms with E-state index in [2.05, 4.69) is 4.90 Å². The minimum atomic E-state index is -3.84. The van der Waals surface area contributed by atoms with Crippen molar-refractivity contribution in [2.24, 2.45) is 0 Å². The molecule has 3 rings (SSSR count). The van der Waals surface area contributed by atoms with Gasteiger partial charge in [-0.25, -0.2) is 13.2 Å². The SMILES string of the molecule is CN(C)CCCN(C)C(=O)O[C@H]1Cc2ccccc2N(S(=O)(=O)c2ccc(Cl)cc2)C1. The Hall–Kier alpha value is -2.29. The minimum absolute atomic E-state index is 0.0548. The second-order valence-corrected chi connectivity index (χ2v) is 10.2. The molecule has 0 spiro atoms. The summed E-state index contributed by atoms with van der Waals surface area (Å²) in [7, 11) is 1.81. The molecule has 1 amide bonds. The van der Waals surface area contributed by atoms with Crippen molar-refractivity contribution in [1.82, 2.24) is 9.80 Å². The molecule has 0 saturated heterocycles. The Kier molecular flexibility index (Phi) is 7.46. The first-order valence-corrected chi connectivity index (χ1v) is 11.9. The predicted molar refractivity (Wildman–Crippen MR) is 122 cm³/mol. The molecule has 0 fully saturated rings. The third-order valence-electron chi connectivity index (χ3n) is 5.16. The molecule has 0 bridgehead atoms. The Balaban J connectivity index is 1.79. The minimum Gasteiger partial charge on any atom is -0.444 e. The standard InChI is InChI=1S/C22H28ClN3O4S/c1-24(2)13-6-14-25(3)22(27)30-19-15-17-7-4-5-8-21(17)26(16-19)31(28,29)20-11-9-18(23)10-12-20/h4-5,7-12,19H,6,13-16H2,1-3H3/t19-/m0/s1. The van der Waals surface area contributed by atoms with Crippen molar-refractivity contribution in [3.8, 4) is 0 Å². The van der Waals surface area contributed by atoms with Crippen LogP contribution in [0.25, 0.3) is 0 Å². The number of carbonyl (C=O) groups excluding carboxylic acids is 1. The van der Waals surface area contributed by atoms with E-state index < -0.39 is 22.2 Å². The number of amides is 1. The van der Waals surface area contributed by atoms with Gasteiger partial charge in [-0.2, -0.15) is 0 Å². The summed E-state index contributed by atoms with van der Waals surface area (Å²) < 4.78 is 33.7. The maximum Gasteiger partial charge on any atom is 0.409 e. The van der Waals surface area contributed by atoms with Crippen molar-refractivity contribution in [2.75, 3.05) is 45.1 Å². The first kappa shape index (κ1) is 23.4. The van der Waals surface area contributed by atoms with E-state index in [1.54, 1.807) is 31.3 Å². The average Bonchev–Trinajstić information content (AvgIpc) is 2.73. The lowest BCUT2D eigenvalue weighted by Gasteiger charge is -2.35. The zero-order valence-electron chi connectivity index (χ0n) is 18.0. The highest BCUT2D eigenvalue weighted by molar-refractivity contribution is 7.92. The van der Waals surface area contributed by atoms with Crippen LogP contribution in [0.3, 0.4) is 0 Å². The summed E-state index contributed by atoms with van der Waals surface area (Å²) in [5.41, 5.74) is 1.42. The molecule has 168 valence electrons. The second kappa shape index (κ2) is 9.89. The Labute approximate surface area is 189 Å². The molecule has 7 nitrogen and oxygen atoms in total. The molecule has 1 atom stereocenters. The third kappa shape index (κ3) is 5.70. The van der Waals surface area contributed by atoms with Crippen LogP contribution in [0.5, 0.6) is 0 Å². The van der Waals surface area contributed by atoms with E-state index in [0.717, 1.165) is 18.5 Å². The van der Waals surface area contributed by atoms with Gasteiger partial charge < -0.3 is 14.5 Å². The molecule has 9 heteroatoms. The molecular formula is C22H28ClN3O4S. The van der Waals surface area contributed by atoms with Crippen LogP contribution >= 0.6 is 11.6 Å². The van der Waals surface area contributed by atoms with Gasteiger partial charge in [-0.1, -0.05) is 29.8 Å². The molecule has 2 aromatic carbocycles. The van der Waals surface area contributed by atoms with Crippen LogP contribution in [0.4, 0.5) is 10.5 Å². The van der Waals surface area contributed by atoms with E-state index >= 15 is 0 Å². The number of sulfonamides is 1. The molecule has 0 aromatic heterocycles. The van der Waals surface area contributed by atoms with Crippen LogP contribution < -0.4 is 4.31 Å². The van der Waals surface area contributed by atoms with E-state index in [1.807, 2.05) is 26.2 Å². The van der Waals surface area contributed by atoms with E-state index in [-0.39, 0.29) is 11.4 Å². The van der Waals surface area contributed by atoms with Gasteiger partial charge in [-0.3, -0.25) is 4.31 Å². The van der Waals surface area contributed by atoms with Crippen LogP contribution in [0.1, 0.15) is 12.0 Å². The lowest BCUT2D eigenvalue weighted by molar-refractivity contribution is 0.0708. The van der Waals surface area contributed by atoms with Gasteiger partial charge in [0.2, 0.25) is 0 Å². The fraction of sp³-hybridized carbons (Fsp3) is 0.409. The van der Waals surface area contributed by atoms with Gasteiger partial charge in [0.15, 0.2) is 0 Å². The molecule has 31 heavy (non-hydrogen) atoms. The Morgan fingerprint density at radius 2 is 1.77 bits per heavy atom. The van der Waals surface area contributed by atoms with Crippen molar-refractivity contribution in [1.29, 1.82) is 0 Å². The zero-order valence-corrected chi connectivity index (χ0v) is 19.6. The molecule has 0 aliphatic carbocycles. The first-order valence-electron chi connectivity index (χ1n) is 10.1. The molecule has 0 saturated carbocycles. The Bertz CT molecular complexity index is 1010. The highest BCUT2D eigenvalue weighted by Gasteiger charge is 2.35. The van der Waals surface area contributed by atoms with Crippen LogP contribution in [-0.4, -0.2) is 71.2 Å². The normalized spacial score (nSPS) is 16.2. The van der Waals surface area contributed by atoms with Crippen LogP contribution in [0.2, 0.25) is 5.02 Å². The van der Waals surface area contributed by atoms with Gasteiger partial charge in [0, 0.05) is 25.0 Å². The van der Waals surface area contributed by atoms with Crippen molar-refractivity contribution in [2.45, 2.75) is 23.8 Å². The Morgan fingerprint density at radius 3 is 2.45 bits per heavy atom. The van der Waals surface area contributed by atoms with Gasteiger partial charge >= 0.3 is 6.09 Å². The van der Waals surface area contributed by atoms with Gasteiger partial charge in [0.25, 0.3) is 10.0 Å². The van der Waals surface area contributed by atoms with Crippen LogP contribution in [0.15, 0.2) is 53.4 Å². The average molecular weight is 466 g/mol. The maximum absolute atomic E-state index is 13.4. The van der Waals surface area contributed by atoms with Gasteiger partial charge in [0.05, 0.1) is 17.1 Å². The van der Waals surface area contributed by atoms with Gasteiger partial charge in [-0.05, 0) is 63.0 Å². The summed E-state index contributed by atoms with van der Waals surface area (Å²) in [6.45, 7) is 1.48. The number of benzene rings is 2. The van der Waals surface area contributed by atoms with Crippen LogP contribution in [0, 0.1) is 0 Å². The van der Waals surface area contributed by atoms with Crippen molar-refractivity contribution in [3.63, 3.8) is 0 Å². The molecule has 1 aliphatic heterocycles. The molecule has 0 unspecified atom stereocenters. The molecule has 1 aliphatic rings. The fourth-order valence-corrected chi connectivity index (χ4v) is 5.17. The smallest absolute Gasteiger partial charge is 0.409 e. The number of para-hydroxylation sites is 1. The van der Waals surface area contributed by atoms with E-state index in [4.69, 9.17) is 16.3 Å².